The molecule has 0 unspecified atom stereocenters. The van der Waals surface area contributed by atoms with Gasteiger partial charge in [-0.05, 0) is 0 Å². The van der Waals surface area contributed by atoms with Gasteiger partial charge in [0.25, 0.3) is 5.91 Å². The molecule has 3 aromatic heterocycles. The van der Waals surface area contributed by atoms with Gasteiger partial charge < -0.3 is 16.0 Å². The van der Waals surface area contributed by atoms with Crippen LogP contribution in [0.15, 0.2) is 17.8 Å². The van der Waals surface area contributed by atoms with Crippen molar-refractivity contribution >= 4 is 39.1 Å². The van der Waals surface area contributed by atoms with Crippen LogP contribution in [0.5, 0.6) is 0 Å². The van der Waals surface area contributed by atoms with Crippen molar-refractivity contribution in [3.8, 4) is 0 Å². The number of anilines is 2. The van der Waals surface area contributed by atoms with Crippen LogP contribution in [0.3, 0.4) is 0 Å². The minimum Gasteiger partial charge on any atom is -0.352 e. The van der Waals surface area contributed by atoms with Gasteiger partial charge >= 0.3 is 6.18 Å². The van der Waals surface area contributed by atoms with Crippen LogP contribution in [0.25, 0.3) is 10.3 Å². The molecule has 0 aliphatic carbocycles. The van der Waals surface area contributed by atoms with Gasteiger partial charge in [0.05, 0.1) is 23.6 Å². The quantitative estimate of drug-likeness (QED) is 0.502. The van der Waals surface area contributed by atoms with Crippen molar-refractivity contribution in [2.24, 2.45) is 7.05 Å². The minimum atomic E-state index is -4.68. The lowest BCUT2D eigenvalue weighted by molar-refractivity contribution is -0.140. The number of fused-ring (bicyclic) bond motifs is 1. The van der Waals surface area contributed by atoms with E-state index in [4.69, 9.17) is 0 Å². The van der Waals surface area contributed by atoms with Gasteiger partial charge in [0, 0.05) is 38.3 Å². The number of amides is 1. The Morgan fingerprint density at radius 3 is 2.93 bits per heavy atom. The average molecular weight is 426 g/mol. The van der Waals surface area contributed by atoms with Crippen LogP contribution >= 0.6 is 11.3 Å². The Kier molecular flexibility index (Phi) is 5.10. The van der Waals surface area contributed by atoms with E-state index in [1.165, 1.54) is 23.8 Å². The Morgan fingerprint density at radius 2 is 2.21 bits per heavy atom. The molecule has 0 bridgehead atoms. The van der Waals surface area contributed by atoms with E-state index in [-0.39, 0.29) is 11.7 Å². The fourth-order valence-electron chi connectivity index (χ4n) is 2.95. The summed E-state index contributed by atoms with van der Waals surface area (Å²) >= 11 is 1.19. The van der Waals surface area contributed by atoms with Gasteiger partial charge in [0.15, 0.2) is 5.69 Å². The van der Waals surface area contributed by atoms with Crippen LogP contribution in [0.1, 0.15) is 16.1 Å². The number of hydrogen-bond acceptors (Lipinski definition) is 8. The number of nitrogens with zero attached hydrogens (tertiary/aromatic N) is 4. The molecule has 1 amide bonds. The van der Waals surface area contributed by atoms with E-state index in [1.807, 2.05) is 0 Å². The third-order valence-electron chi connectivity index (χ3n) is 4.24. The highest BCUT2D eigenvalue weighted by Gasteiger charge is 2.37. The van der Waals surface area contributed by atoms with E-state index in [0.717, 1.165) is 24.0 Å². The predicted octanol–water partition coefficient (Wildman–Crippen LogP) is 1.63. The summed E-state index contributed by atoms with van der Waals surface area (Å²) in [6.45, 7) is 2.36. The Bertz CT molecular complexity index is 1040. The third kappa shape index (κ3) is 4.16. The normalized spacial score (nSPS) is 17.4. The van der Waals surface area contributed by atoms with E-state index in [0.29, 0.717) is 22.7 Å². The molecular weight excluding hydrogens is 409 g/mol. The zero-order valence-electron chi connectivity index (χ0n) is 15.2. The molecule has 1 atom stereocenters. The second-order valence-electron chi connectivity index (χ2n) is 6.43. The number of alkyl halides is 3. The number of halogens is 3. The summed E-state index contributed by atoms with van der Waals surface area (Å²) in [5.41, 5.74) is -1.10. The lowest BCUT2D eigenvalue weighted by Gasteiger charge is -2.25. The van der Waals surface area contributed by atoms with E-state index >= 15 is 0 Å². The van der Waals surface area contributed by atoms with E-state index in [2.05, 4.69) is 36.3 Å². The molecule has 1 aliphatic heterocycles. The molecule has 154 valence electrons. The average Bonchev–Trinajstić information content (AvgIpc) is 3.25. The molecule has 0 spiro atoms. The summed E-state index contributed by atoms with van der Waals surface area (Å²) in [5, 5.41) is 16.9. The first-order valence-electron chi connectivity index (χ1n) is 8.68. The van der Waals surface area contributed by atoms with Crippen molar-refractivity contribution in [2.45, 2.75) is 12.3 Å². The SMILES string of the molecule is Cn1cc(NC(=O)c2csc3ncc(N[C@@H]4CNCCN4)nc23)c(C(F)(F)F)n1. The van der Waals surface area contributed by atoms with Gasteiger partial charge in [-0.1, -0.05) is 0 Å². The number of thiophene rings is 1. The smallest absolute Gasteiger partial charge is 0.352 e. The summed E-state index contributed by atoms with van der Waals surface area (Å²) in [7, 11) is 1.35. The standard InChI is InChI=1S/C16H17F3N8OS/c1-27-6-9(13(26-27)16(17,18)19)23-14(28)8-7-29-15-12(8)25-11(5-22-15)24-10-4-20-2-3-21-10/h5-7,10,20-21H,2-4H2,1H3,(H,23,28)(H,24,25)/t10-/m1/s1. The van der Waals surface area contributed by atoms with Crippen LogP contribution in [-0.4, -0.2) is 51.5 Å². The van der Waals surface area contributed by atoms with E-state index in [1.54, 1.807) is 6.20 Å². The van der Waals surface area contributed by atoms with Gasteiger partial charge in [0.1, 0.15) is 16.2 Å². The van der Waals surface area contributed by atoms with Gasteiger partial charge in [0.2, 0.25) is 0 Å². The molecule has 1 saturated heterocycles. The third-order valence-corrected chi connectivity index (χ3v) is 5.11. The highest BCUT2D eigenvalue weighted by Crippen LogP contribution is 2.34. The molecule has 1 aliphatic rings. The van der Waals surface area contributed by atoms with Crippen molar-refractivity contribution in [3.05, 3.63) is 29.0 Å². The summed E-state index contributed by atoms with van der Waals surface area (Å²) in [6, 6.07) is 0. The molecule has 0 radical (unpaired) electrons. The van der Waals surface area contributed by atoms with Crippen LogP contribution in [-0.2, 0) is 13.2 Å². The van der Waals surface area contributed by atoms with Crippen LogP contribution in [0.2, 0.25) is 0 Å². The highest BCUT2D eigenvalue weighted by atomic mass is 32.1. The molecule has 9 nitrogen and oxygen atoms in total. The fourth-order valence-corrected chi connectivity index (χ4v) is 3.78. The summed E-state index contributed by atoms with van der Waals surface area (Å²) in [6.07, 6.45) is -2.07. The fraction of sp³-hybridized carbons (Fsp3) is 0.375. The van der Waals surface area contributed by atoms with Crippen molar-refractivity contribution in [2.75, 3.05) is 30.3 Å². The number of nitrogens with one attached hydrogen (secondary N) is 4. The molecule has 4 N–H and O–H groups in total. The topological polar surface area (TPSA) is 109 Å². The maximum absolute atomic E-state index is 13.1. The maximum Gasteiger partial charge on any atom is 0.437 e. The second-order valence-corrected chi connectivity index (χ2v) is 7.29. The van der Waals surface area contributed by atoms with E-state index in [9.17, 15) is 18.0 Å². The van der Waals surface area contributed by atoms with Gasteiger partial charge in [-0.25, -0.2) is 9.97 Å². The number of hydrogen-bond donors (Lipinski definition) is 4. The van der Waals surface area contributed by atoms with Crippen LogP contribution in [0.4, 0.5) is 24.7 Å². The zero-order valence-corrected chi connectivity index (χ0v) is 16.0. The first-order valence-corrected chi connectivity index (χ1v) is 9.56. The summed E-state index contributed by atoms with van der Waals surface area (Å²) < 4.78 is 40.3. The maximum atomic E-state index is 13.1. The van der Waals surface area contributed by atoms with Crippen molar-refractivity contribution in [1.82, 2.24) is 30.4 Å². The Morgan fingerprint density at radius 1 is 1.38 bits per heavy atom. The minimum absolute atomic E-state index is 0.0452. The highest BCUT2D eigenvalue weighted by molar-refractivity contribution is 7.17. The number of carbonyl (C=O) groups excluding carboxylic acids is 1. The second kappa shape index (κ2) is 7.57. The van der Waals surface area contributed by atoms with Crippen molar-refractivity contribution in [1.29, 1.82) is 0 Å². The van der Waals surface area contributed by atoms with Gasteiger partial charge in [-0.2, -0.15) is 18.3 Å². The monoisotopic (exact) mass is 426 g/mol. The molecule has 3 aromatic rings. The number of piperazine rings is 1. The molecule has 13 heteroatoms. The largest absolute Gasteiger partial charge is 0.437 e. The lowest BCUT2D eigenvalue weighted by atomic mass is 10.2. The molecule has 29 heavy (non-hydrogen) atoms. The molecule has 1 fully saturated rings. The molecule has 0 aromatic carbocycles. The van der Waals surface area contributed by atoms with Crippen molar-refractivity contribution < 1.29 is 18.0 Å². The zero-order chi connectivity index (χ0) is 20.6. The number of aromatic nitrogens is 4. The number of aryl methyl sites for hydroxylation is 1. The molecule has 0 saturated carbocycles. The first kappa shape index (κ1) is 19.5. The Hall–Kier alpha value is -2.77. The molecular formula is C16H17F3N8OS. The van der Waals surface area contributed by atoms with Gasteiger partial charge in [-0.15, -0.1) is 11.3 Å². The first-order chi connectivity index (χ1) is 13.8. The Labute approximate surface area is 166 Å². The van der Waals surface area contributed by atoms with Crippen LogP contribution in [0, 0.1) is 0 Å². The molecule has 4 heterocycles. The van der Waals surface area contributed by atoms with Crippen molar-refractivity contribution in [3.63, 3.8) is 0 Å². The summed E-state index contributed by atoms with van der Waals surface area (Å²) in [4.78, 5) is 21.9. The van der Waals surface area contributed by atoms with E-state index < -0.39 is 23.5 Å². The lowest BCUT2D eigenvalue weighted by Crippen LogP contribution is -2.52. The number of rotatable bonds is 4. The predicted molar refractivity (Wildman–Crippen MR) is 102 cm³/mol. The molecule has 4 rings (SSSR count). The van der Waals surface area contributed by atoms with Gasteiger partial charge in [-0.3, -0.25) is 14.8 Å². The summed E-state index contributed by atoms with van der Waals surface area (Å²) in [5.74, 6) is -0.248. The van der Waals surface area contributed by atoms with Crippen LogP contribution < -0.4 is 21.3 Å². The Balaban J connectivity index is 1.59. The number of carbonyl (C=O) groups is 1.